The summed E-state index contributed by atoms with van der Waals surface area (Å²) in [5, 5.41) is 0. The molecule has 0 spiro atoms. The summed E-state index contributed by atoms with van der Waals surface area (Å²) in [6.45, 7) is 8.41. The number of amides is 1. The van der Waals surface area contributed by atoms with E-state index in [1.807, 2.05) is 26.8 Å². The molecule has 0 atom stereocenters. The van der Waals surface area contributed by atoms with Crippen molar-refractivity contribution in [1.29, 1.82) is 0 Å². The van der Waals surface area contributed by atoms with Crippen molar-refractivity contribution in [3.63, 3.8) is 0 Å². The van der Waals surface area contributed by atoms with Gasteiger partial charge in [0.2, 0.25) is 5.88 Å². The summed E-state index contributed by atoms with van der Waals surface area (Å²) in [6, 6.07) is 3.67. The van der Waals surface area contributed by atoms with Gasteiger partial charge in [-0.15, -0.1) is 0 Å². The molecule has 23 heavy (non-hydrogen) atoms. The third-order valence-corrected chi connectivity index (χ3v) is 3.54. The van der Waals surface area contributed by atoms with E-state index in [1.54, 1.807) is 18.1 Å². The van der Waals surface area contributed by atoms with E-state index in [2.05, 4.69) is 9.88 Å². The molecule has 0 bridgehead atoms. The average Bonchev–Trinajstić information content (AvgIpc) is 2.72. The predicted octanol–water partition coefficient (Wildman–Crippen LogP) is 2.12. The van der Waals surface area contributed by atoms with E-state index in [0.717, 1.165) is 18.8 Å². The van der Waals surface area contributed by atoms with Crippen LogP contribution in [0.2, 0.25) is 0 Å². The quantitative estimate of drug-likeness (QED) is 0.898. The minimum atomic E-state index is -0.477. The van der Waals surface area contributed by atoms with Crippen LogP contribution in [0.25, 0.3) is 0 Å². The summed E-state index contributed by atoms with van der Waals surface area (Å²) in [6.07, 6.45) is 0.593. The van der Waals surface area contributed by atoms with E-state index < -0.39 is 5.60 Å². The maximum atomic E-state index is 12.2. The highest BCUT2D eigenvalue weighted by molar-refractivity contribution is 5.68. The first-order chi connectivity index (χ1) is 10.8. The molecule has 0 saturated carbocycles. The number of hydrogen-bond acceptors (Lipinski definition) is 6. The van der Waals surface area contributed by atoms with Gasteiger partial charge in [-0.05, 0) is 39.3 Å². The molecule has 1 aromatic rings. The van der Waals surface area contributed by atoms with Gasteiger partial charge >= 0.3 is 6.09 Å². The normalized spacial score (nSPS) is 16.0. The lowest BCUT2D eigenvalue weighted by molar-refractivity contribution is 0.0263. The summed E-state index contributed by atoms with van der Waals surface area (Å²) >= 11 is 0. The van der Waals surface area contributed by atoms with E-state index in [1.165, 1.54) is 0 Å². The lowest BCUT2D eigenvalue weighted by Gasteiger charge is -2.26. The first-order valence-electron chi connectivity index (χ1n) is 7.83. The van der Waals surface area contributed by atoms with E-state index in [0.29, 0.717) is 31.2 Å². The number of carbonyl (C=O) groups is 1. The molecule has 128 valence electrons. The Balaban J connectivity index is 2.02. The second-order valence-corrected chi connectivity index (χ2v) is 6.58. The van der Waals surface area contributed by atoms with E-state index in [-0.39, 0.29) is 6.09 Å². The van der Waals surface area contributed by atoms with Crippen molar-refractivity contribution in [3.05, 3.63) is 12.1 Å². The molecular formula is C16H26N4O3. The van der Waals surface area contributed by atoms with Crippen molar-refractivity contribution in [1.82, 2.24) is 9.88 Å². The summed E-state index contributed by atoms with van der Waals surface area (Å²) in [4.78, 5) is 20.5. The second-order valence-electron chi connectivity index (χ2n) is 6.58. The molecule has 1 aromatic heterocycles. The molecule has 0 aliphatic carbocycles. The van der Waals surface area contributed by atoms with Crippen molar-refractivity contribution in [2.24, 2.45) is 0 Å². The number of rotatable bonds is 2. The number of hydrogen-bond donors (Lipinski definition) is 1. The van der Waals surface area contributed by atoms with Gasteiger partial charge in [0.25, 0.3) is 0 Å². The summed E-state index contributed by atoms with van der Waals surface area (Å²) in [5.41, 5.74) is 5.84. The molecule has 1 saturated heterocycles. The summed E-state index contributed by atoms with van der Waals surface area (Å²) in [5.74, 6) is 1.23. The molecule has 7 nitrogen and oxygen atoms in total. The standard InChI is InChI=1S/C16H26N4O3/c1-16(2,3)23-15(21)20-9-5-8-19(10-11-20)13-7-6-12(17)14(18-13)22-4/h6-7H,5,8-11,17H2,1-4H3. The molecular weight excluding hydrogens is 296 g/mol. The highest BCUT2D eigenvalue weighted by Gasteiger charge is 2.25. The highest BCUT2D eigenvalue weighted by Crippen LogP contribution is 2.23. The Labute approximate surface area is 137 Å². The zero-order valence-electron chi connectivity index (χ0n) is 14.3. The van der Waals surface area contributed by atoms with Crippen molar-refractivity contribution in [3.8, 4) is 5.88 Å². The molecule has 2 N–H and O–H groups in total. The fourth-order valence-electron chi connectivity index (χ4n) is 2.44. The van der Waals surface area contributed by atoms with Crippen LogP contribution in [0.1, 0.15) is 27.2 Å². The fourth-order valence-corrected chi connectivity index (χ4v) is 2.44. The van der Waals surface area contributed by atoms with E-state index in [4.69, 9.17) is 15.2 Å². The van der Waals surface area contributed by atoms with Crippen LogP contribution in [-0.2, 0) is 4.74 Å². The van der Waals surface area contributed by atoms with Gasteiger partial charge in [0.05, 0.1) is 12.8 Å². The van der Waals surface area contributed by atoms with Crippen molar-refractivity contribution in [2.45, 2.75) is 32.8 Å². The lowest BCUT2D eigenvalue weighted by Crippen LogP contribution is -2.39. The van der Waals surface area contributed by atoms with Gasteiger partial charge in [0, 0.05) is 26.2 Å². The Bertz CT molecular complexity index is 557. The average molecular weight is 322 g/mol. The van der Waals surface area contributed by atoms with Gasteiger partial charge in [0.15, 0.2) is 0 Å². The van der Waals surface area contributed by atoms with Crippen LogP contribution in [0.3, 0.4) is 0 Å². The van der Waals surface area contributed by atoms with Gasteiger partial charge in [-0.2, -0.15) is 4.98 Å². The topological polar surface area (TPSA) is 80.9 Å². The van der Waals surface area contributed by atoms with E-state index >= 15 is 0 Å². The molecule has 0 aromatic carbocycles. The first kappa shape index (κ1) is 17.2. The van der Waals surface area contributed by atoms with Crippen LogP contribution in [0.4, 0.5) is 16.3 Å². The molecule has 1 amide bonds. The number of nitrogen functional groups attached to an aromatic ring is 1. The number of nitrogens with zero attached hydrogens (tertiary/aromatic N) is 3. The fraction of sp³-hybridized carbons (Fsp3) is 0.625. The van der Waals surface area contributed by atoms with E-state index in [9.17, 15) is 4.79 Å². The Hall–Kier alpha value is -2.18. The Kier molecular flexibility index (Phi) is 5.18. The minimum absolute atomic E-state index is 0.262. The third-order valence-electron chi connectivity index (χ3n) is 3.54. The van der Waals surface area contributed by atoms with Gasteiger partial charge < -0.3 is 25.0 Å². The van der Waals surface area contributed by atoms with Crippen LogP contribution in [-0.4, -0.2) is 54.9 Å². The molecule has 1 aliphatic heterocycles. The molecule has 2 rings (SSSR count). The molecule has 1 fully saturated rings. The van der Waals surface area contributed by atoms with Crippen LogP contribution in [0, 0.1) is 0 Å². The summed E-state index contributed by atoms with van der Waals surface area (Å²) in [7, 11) is 1.55. The van der Waals surface area contributed by atoms with Gasteiger partial charge in [0.1, 0.15) is 11.4 Å². The Morgan fingerprint density at radius 1 is 1.22 bits per heavy atom. The van der Waals surface area contributed by atoms with Crippen LogP contribution in [0.5, 0.6) is 5.88 Å². The number of pyridine rings is 1. The number of anilines is 2. The van der Waals surface area contributed by atoms with Crippen molar-refractivity contribution >= 4 is 17.6 Å². The van der Waals surface area contributed by atoms with Gasteiger partial charge in [-0.25, -0.2) is 4.79 Å². The van der Waals surface area contributed by atoms with Crippen molar-refractivity contribution < 1.29 is 14.3 Å². The molecule has 1 aliphatic rings. The lowest BCUT2D eigenvalue weighted by atomic mass is 10.2. The summed E-state index contributed by atoms with van der Waals surface area (Å²) < 4.78 is 10.6. The largest absolute Gasteiger partial charge is 0.479 e. The maximum absolute atomic E-state index is 12.2. The number of ether oxygens (including phenoxy) is 2. The first-order valence-corrected chi connectivity index (χ1v) is 7.83. The van der Waals surface area contributed by atoms with Crippen LogP contribution < -0.4 is 15.4 Å². The molecule has 2 heterocycles. The zero-order valence-corrected chi connectivity index (χ0v) is 14.3. The highest BCUT2D eigenvalue weighted by atomic mass is 16.6. The van der Waals surface area contributed by atoms with Gasteiger partial charge in [-0.3, -0.25) is 0 Å². The number of aromatic nitrogens is 1. The molecule has 7 heteroatoms. The van der Waals surface area contributed by atoms with Crippen LogP contribution in [0.15, 0.2) is 12.1 Å². The zero-order chi connectivity index (χ0) is 17.0. The van der Waals surface area contributed by atoms with Crippen LogP contribution >= 0.6 is 0 Å². The minimum Gasteiger partial charge on any atom is -0.479 e. The maximum Gasteiger partial charge on any atom is 0.410 e. The Morgan fingerprint density at radius 3 is 2.61 bits per heavy atom. The van der Waals surface area contributed by atoms with Crippen molar-refractivity contribution in [2.75, 3.05) is 43.9 Å². The SMILES string of the molecule is COc1nc(N2CCCN(C(=O)OC(C)(C)C)CC2)ccc1N. The number of carbonyl (C=O) groups excluding carboxylic acids is 1. The third kappa shape index (κ3) is 4.64. The van der Waals surface area contributed by atoms with Gasteiger partial charge in [-0.1, -0.05) is 0 Å². The number of methoxy groups -OCH3 is 1. The Morgan fingerprint density at radius 2 is 1.96 bits per heavy atom. The predicted molar refractivity (Wildman–Crippen MR) is 89.8 cm³/mol. The smallest absolute Gasteiger partial charge is 0.410 e. The monoisotopic (exact) mass is 322 g/mol. The second kappa shape index (κ2) is 6.93. The molecule has 0 radical (unpaired) electrons. The number of nitrogens with two attached hydrogens (primary N) is 1. The molecule has 0 unspecified atom stereocenters.